The molecule has 8 rings (SSSR count). The summed E-state index contributed by atoms with van der Waals surface area (Å²) in [5.41, 5.74) is 6.78. The maximum Gasteiger partial charge on any atom is 0.410 e. The quantitative estimate of drug-likeness (QED) is 0.135. The summed E-state index contributed by atoms with van der Waals surface area (Å²) in [6, 6.07) is 15.8. The molecule has 0 aliphatic carbocycles. The van der Waals surface area contributed by atoms with Gasteiger partial charge in [-0.2, -0.15) is 20.7 Å². The predicted octanol–water partition coefficient (Wildman–Crippen LogP) is 6.46. The lowest BCUT2D eigenvalue weighted by Gasteiger charge is -2.24. The number of carbonyl (C=O) groups excluding carboxylic acids is 1. The van der Waals surface area contributed by atoms with Crippen molar-refractivity contribution in [3.8, 4) is 45.9 Å². The van der Waals surface area contributed by atoms with Crippen molar-refractivity contribution in [1.29, 1.82) is 10.5 Å². The number of fused-ring (bicyclic) bond motifs is 2. The number of nitrogens with one attached hydrogen (secondary N) is 1. The van der Waals surface area contributed by atoms with E-state index in [0.29, 0.717) is 46.7 Å². The molecular weight excluding hydrogens is 801 g/mol. The van der Waals surface area contributed by atoms with Gasteiger partial charge in [-0.1, -0.05) is 24.3 Å². The summed E-state index contributed by atoms with van der Waals surface area (Å²) < 4.78 is 20.2. The van der Waals surface area contributed by atoms with Gasteiger partial charge in [0.15, 0.2) is 0 Å². The summed E-state index contributed by atoms with van der Waals surface area (Å²) in [5.74, 6) is 1.07. The molecule has 2 aliphatic rings. The molecule has 8 heterocycles. The largest absolute Gasteiger partial charge is 0.489 e. The smallest absolute Gasteiger partial charge is 0.410 e. The van der Waals surface area contributed by atoms with E-state index in [4.69, 9.17) is 14.2 Å². The molecule has 16 nitrogen and oxygen atoms in total. The van der Waals surface area contributed by atoms with Crippen molar-refractivity contribution in [2.24, 2.45) is 0 Å². The fourth-order valence-electron chi connectivity index (χ4n) is 6.84. The van der Waals surface area contributed by atoms with E-state index in [1.54, 1.807) is 66.4 Å². The highest BCUT2D eigenvalue weighted by Gasteiger charge is 2.27. The molecule has 6 aromatic rings. The normalized spacial score (nSPS) is 14.1. The van der Waals surface area contributed by atoms with E-state index in [1.807, 2.05) is 63.2 Å². The second-order valence-corrected chi connectivity index (χ2v) is 17.6. The van der Waals surface area contributed by atoms with Crippen LogP contribution in [-0.2, 0) is 4.74 Å². The summed E-state index contributed by atoms with van der Waals surface area (Å²) in [6.45, 7) is 15.0. The molecular formula is C47H50N10O6. The van der Waals surface area contributed by atoms with Crippen LogP contribution in [0.5, 0.6) is 11.5 Å². The summed E-state index contributed by atoms with van der Waals surface area (Å²) in [6.07, 6.45) is 13.7. The molecule has 0 aromatic carbocycles. The molecule has 2 aliphatic heterocycles. The highest BCUT2D eigenvalue weighted by molar-refractivity contribution is 5.87. The van der Waals surface area contributed by atoms with Crippen LogP contribution in [0.15, 0.2) is 85.7 Å². The van der Waals surface area contributed by atoms with Crippen molar-refractivity contribution in [1.82, 2.24) is 39.4 Å². The zero-order valence-electron chi connectivity index (χ0n) is 36.4. The number of ether oxygens (including phenoxy) is 3. The van der Waals surface area contributed by atoms with Gasteiger partial charge in [0.1, 0.15) is 42.5 Å². The third-order valence-corrected chi connectivity index (χ3v) is 9.78. The molecule has 0 spiro atoms. The molecule has 0 saturated carbocycles. The van der Waals surface area contributed by atoms with Crippen LogP contribution in [-0.4, -0.2) is 107 Å². The van der Waals surface area contributed by atoms with E-state index in [-0.39, 0.29) is 19.3 Å². The standard InChI is InChI=1S/C26H29N5O4.C21H21N5O2/c1-25(2,3)35-24(32)30-9-8-18(14-30)22-7-6-17(12-28-22)21-10-20(34-16-26(4,5)33)15-31-23(21)19(11-27)13-29-31;1-21(2,27)13-28-17-7-18(20-16(8-22)11-25-26(20)12-17)14-3-4-19(24-10-14)15-5-6-23-9-15/h6-8,10,12-13,15,33H,9,14,16H2,1-5H3;3-5,7,10-12,23,27H,6,9,13H2,1-2H3. The van der Waals surface area contributed by atoms with E-state index < -0.39 is 16.8 Å². The molecule has 0 bridgehead atoms. The molecule has 1 amide bonds. The number of amides is 1. The van der Waals surface area contributed by atoms with Gasteiger partial charge >= 0.3 is 6.09 Å². The van der Waals surface area contributed by atoms with E-state index in [2.05, 4.69) is 43.7 Å². The van der Waals surface area contributed by atoms with Crippen molar-refractivity contribution in [3.05, 3.63) is 108 Å². The van der Waals surface area contributed by atoms with Gasteiger partial charge in [0.25, 0.3) is 0 Å². The fraction of sp³-hybridized carbons (Fsp3) is 0.340. The molecule has 6 aromatic heterocycles. The number of aromatic nitrogens is 6. The van der Waals surface area contributed by atoms with Crippen LogP contribution < -0.4 is 14.8 Å². The molecule has 3 N–H and O–H groups in total. The summed E-state index contributed by atoms with van der Waals surface area (Å²) in [5, 5.41) is 50.8. The van der Waals surface area contributed by atoms with Gasteiger partial charge in [-0.05, 0) is 83.9 Å². The Morgan fingerprint density at radius 2 is 1.25 bits per heavy atom. The van der Waals surface area contributed by atoms with Gasteiger partial charge < -0.3 is 34.6 Å². The first-order chi connectivity index (χ1) is 29.9. The third kappa shape index (κ3) is 10.7. The SMILES string of the molecule is CC(C)(O)COc1cc(-c2ccc(C3=CCN(C(=O)OC(C)(C)C)C3)nc2)c2c(C#N)cnn2c1.CC(C)(O)COc1cc(-c2ccc(C3=CCNC3)nc2)c2c(C#N)cnn2c1. The number of carbonyl (C=O) groups is 1. The number of aliphatic hydroxyl groups is 2. The minimum Gasteiger partial charge on any atom is -0.489 e. The van der Waals surface area contributed by atoms with Gasteiger partial charge in [0.2, 0.25) is 0 Å². The van der Waals surface area contributed by atoms with Crippen LogP contribution in [0.2, 0.25) is 0 Å². The van der Waals surface area contributed by atoms with Crippen LogP contribution in [0.3, 0.4) is 0 Å². The average molecular weight is 851 g/mol. The van der Waals surface area contributed by atoms with Crippen LogP contribution in [0.4, 0.5) is 4.79 Å². The third-order valence-electron chi connectivity index (χ3n) is 9.78. The van der Waals surface area contributed by atoms with Crippen LogP contribution in [0.1, 0.15) is 71.0 Å². The molecule has 63 heavy (non-hydrogen) atoms. The van der Waals surface area contributed by atoms with Crippen molar-refractivity contribution in [2.75, 3.05) is 39.4 Å². The lowest BCUT2D eigenvalue weighted by Crippen LogP contribution is -2.35. The lowest BCUT2D eigenvalue weighted by atomic mass is 10.0. The second kappa shape index (κ2) is 17.7. The Labute approximate surface area is 365 Å². The highest BCUT2D eigenvalue weighted by Crippen LogP contribution is 2.33. The van der Waals surface area contributed by atoms with Crippen LogP contribution in [0, 0.1) is 22.7 Å². The van der Waals surface area contributed by atoms with Crippen molar-refractivity contribution < 1.29 is 29.2 Å². The molecule has 0 fully saturated rings. The van der Waals surface area contributed by atoms with Crippen LogP contribution >= 0.6 is 0 Å². The number of rotatable bonds is 10. The predicted molar refractivity (Wildman–Crippen MR) is 236 cm³/mol. The first-order valence-corrected chi connectivity index (χ1v) is 20.4. The zero-order valence-corrected chi connectivity index (χ0v) is 36.4. The first-order valence-electron chi connectivity index (χ1n) is 20.4. The average Bonchev–Trinajstić information content (AvgIpc) is 4.08. The number of hydrogen-bond donors (Lipinski definition) is 3. The van der Waals surface area contributed by atoms with Gasteiger partial charge in [-0.15, -0.1) is 0 Å². The molecule has 0 unspecified atom stereocenters. The number of pyridine rings is 4. The van der Waals surface area contributed by atoms with Gasteiger partial charge in [0.05, 0.1) is 76.1 Å². The maximum atomic E-state index is 12.4. The van der Waals surface area contributed by atoms with E-state index >= 15 is 0 Å². The number of hydrogen-bond acceptors (Lipinski definition) is 13. The Morgan fingerprint density at radius 1 is 0.746 bits per heavy atom. The van der Waals surface area contributed by atoms with Gasteiger partial charge in [0, 0.05) is 54.3 Å². The Hall–Kier alpha value is -7.11. The van der Waals surface area contributed by atoms with Crippen molar-refractivity contribution >= 4 is 28.3 Å². The lowest BCUT2D eigenvalue weighted by molar-refractivity contribution is 0.0280. The number of nitrogens with zero attached hydrogens (tertiary/aromatic N) is 9. The van der Waals surface area contributed by atoms with Crippen LogP contribution in [0.25, 0.3) is 44.4 Å². The molecule has 0 radical (unpaired) electrons. The van der Waals surface area contributed by atoms with E-state index in [1.165, 1.54) is 18.0 Å². The second-order valence-electron chi connectivity index (χ2n) is 17.6. The summed E-state index contributed by atoms with van der Waals surface area (Å²) >= 11 is 0. The Balaban J connectivity index is 0.000000193. The van der Waals surface area contributed by atoms with E-state index in [0.717, 1.165) is 52.3 Å². The Morgan fingerprint density at radius 3 is 1.67 bits per heavy atom. The highest BCUT2D eigenvalue weighted by atomic mass is 16.6. The summed E-state index contributed by atoms with van der Waals surface area (Å²) in [4.78, 5) is 23.2. The first kappa shape index (κ1) is 44.0. The topological polar surface area (TPSA) is 208 Å². The molecule has 0 atom stereocenters. The summed E-state index contributed by atoms with van der Waals surface area (Å²) in [7, 11) is 0. The van der Waals surface area contributed by atoms with E-state index in [9.17, 15) is 25.5 Å². The van der Waals surface area contributed by atoms with Crippen molar-refractivity contribution in [2.45, 2.75) is 65.3 Å². The molecule has 16 heteroatoms. The minimum absolute atomic E-state index is 0.101. The zero-order chi connectivity index (χ0) is 45.1. The Bertz CT molecular complexity index is 2790. The van der Waals surface area contributed by atoms with Crippen molar-refractivity contribution in [3.63, 3.8) is 0 Å². The fourth-order valence-corrected chi connectivity index (χ4v) is 6.84. The minimum atomic E-state index is -0.998. The molecule has 0 saturated heterocycles. The monoisotopic (exact) mass is 850 g/mol. The Kier molecular flexibility index (Phi) is 12.4. The van der Waals surface area contributed by atoms with Gasteiger partial charge in [-0.3, -0.25) is 9.97 Å². The maximum absolute atomic E-state index is 12.4. The number of nitriles is 2. The molecule has 324 valence electrons. The van der Waals surface area contributed by atoms with Gasteiger partial charge in [-0.25, -0.2) is 13.8 Å².